The lowest BCUT2D eigenvalue weighted by Crippen LogP contribution is -2.20. The van der Waals surface area contributed by atoms with Crippen molar-refractivity contribution in [2.45, 2.75) is 0 Å². The number of nitrogens with one attached hydrogen (secondary N) is 2. The summed E-state index contributed by atoms with van der Waals surface area (Å²) in [7, 11) is 0. The van der Waals surface area contributed by atoms with E-state index in [0.29, 0.717) is 10.2 Å². The second-order valence-corrected chi connectivity index (χ2v) is 5.54. The number of anilines is 2. The van der Waals surface area contributed by atoms with Crippen LogP contribution < -0.4 is 10.6 Å². The van der Waals surface area contributed by atoms with Gasteiger partial charge in [-0.15, -0.1) is 0 Å². The van der Waals surface area contributed by atoms with Crippen LogP contribution in [0, 0.1) is 5.82 Å². The van der Waals surface area contributed by atoms with Crippen molar-refractivity contribution in [2.24, 2.45) is 0 Å². The summed E-state index contributed by atoms with van der Waals surface area (Å²) in [5, 5.41) is 5.06. The number of carbonyl (C=O) groups is 1. The molecule has 0 spiro atoms. The zero-order valence-electron chi connectivity index (χ0n) is 9.58. The Morgan fingerprint density at radius 3 is 2.42 bits per heavy atom. The van der Waals surface area contributed by atoms with E-state index in [0.717, 1.165) is 4.47 Å². The number of rotatable bonds is 2. The number of urea groups is 1. The van der Waals surface area contributed by atoms with Crippen molar-refractivity contribution in [3.05, 3.63) is 57.2 Å². The van der Waals surface area contributed by atoms with Gasteiger partial charge in [0.15, 0.2) is 0 Å². The molecule has 2 N–H and O–H groups in total. The number of carbonyl (C=O) groups excluding carboxylic acids is 1. The molecule has 0 atom stereocenters. The van der Waals surface area contributed by atoms with Gasteiger partial charge >= 0.3 is 6.03 Å². The molecule has 2 aromatic carbocycles. The van der Waals surface area contributed by atoms with Crippen molar-refractivity contribution < 1.29 is 9.18 Å². The van der Waals surface area contributed by atoms with E-state index in [2.05, 4.69) is 42.5 Å². The minimum Gasteiger partial charge on any atom is -0.308 e. The molecular weight excluding hydrogens is 379 g/mol. The van der Waals surface area contributed by atoms with E-state index in [-0.39, 0.29) is 5.69 Å². The Bertz CT molecular complexity index is 619. The van der Waals surface area contributed by atoms with Crippen LogP contribution in [0.25, 0.3) is 0 Å². The zero-order valence-corrected chi connectivity index (χ0v) is 12.8. The summed E-state index contributed by atoms with van der Waals surface area (Å²) in [6, 6.07) is 11.0. The first-order valence-corrected chi connectivity index (χ1v) is 6.92. The van der Waals surface area contributed by atoms with Crippen molar-refractivity contribution in [1.29, 1.82) is 0 Å². The van der Waals surface area contributed by atoms with Gasteiger partial charge in [0, 0.05) is 14.6 Å². The van der Waals surface area contributed by atoms with Crippen LogP contribution in [0.2, 0.25) is 0 Å². The van der Waals surface area contributed by atoms with Crippen molar-refractivity contribution >= 4 is 49.3 Å². The second kappa shape index (κ2) is 6.16. The Kier molecular flexibility index (Phi) is 4.55. The van der Waals surface area contributed by atoms with Crippen molar-refractivity contribution in [1.82, 2.24) is 0 Å². The fraction of sp³-hybridized carbons (Fsp3) is 0. The summed E-state index contributed by atoms with van der Waals surface area (Å²) < 4.78 is 15.0. The molecule has 0 saturated heterocycles. The van der Waals surface area contributed by atoms with Crippen molar-refractivity contribution in [2.75, 3.05) is 10.6 Å². The number of amides is 2. The van der Waals surface area contributed by atoms with Crippen molar-refractivity contribution in [3.8, 4) is 0 Å². The fourth-order valence-electron chi connectivity index (χ4n) is 1.44. The predicted octanol–water partition coefficient (Wildman–Crippen LogP) is 4.99. The SMILES string of the molecule is O=C(Nc1cccc(Br)c1)Nc1ccc(Br)cc1F. The summed E-state index contributed by atoms with van der Waals surface area (Å²) in [4.78, 5) is 11.7. The van der Waals surface area contributed by atoms with Gasteiger partial charge in [-0.1, -0.05) is 37.9 Å². The van der Waals surface area contributed by atoms with Crippen LogP contribution in [0.4, 0.5) is 20.6 Å². The smallest absolute Gasteiger partial charge is 0.308 e. The quantitative estimate of drug-likeness (QED) is 0.748. The molecule has 2 rings (SSSR count). The molecule has 0 fully saturated rings. The van der Waals surface area contributed by atoms with Crippen LogP contribution in [-0.2, 0) is 0 Å². The number of benzene rings is 2. The maximum absolute atomic E-state index is 13.5. The predicted molar refractivity (Wildman–Crippen MR) is 80.9 cm³/mol. The van der Waals surface area contributed by atoms with E-state index >= 15 is 0 Å². The van der Waals surface area contributed by atoms with Crippen LogP contribution in [0.15, 0.2) is 51.4 Å². The Balaban J connectivity index is 2.05. The monoisotopic (exact) mass is 386 g/mol. The average molecular weight is 388 g/mol. The van der Waals surface area contributed by atoms with Crippen LogP contribution in [0.1, 0.15) is 0 Å². The zero-order chi connectivity index (χ0) is 13.8. The Morgan fingerprint density at radius 1 is 1.00 bits per heavy atom. The molecular formula is C13H9Br2FN2O. The maximum atomic E-state index is 13.5. The third-order valence-electron chi connectivity index (χ3n) is 2.26. The van der Waals surface area contributed by atoms with E-state index in [9.17, 15) is 9.18 Å². The van der Waals surface area contributed by atoms with E-state index in [4.69, 9.17) is 0 Å². The highest BCUT2D eigenvalue weighted by Gasteiger charge is 2.07. The van der Waals surface area contributed by atoms with Crippen LogP contribution in [-0.4, -0.2) is 6.03 Å². The van der Waals surface area contributed by atoms with Crippen LogP contribution in [0.3, 0.4) is 0 Å². The Labute approximate surface area is 126 Å². The lowest BCUT2D eigenvalue weighted by atomic mass is 10.3. The van der Waals surface area contributed by atoms with E-state index < -0.39 is 11.8 Å². The molecule has 0 unspecified atom stereocenters. The summed E-state index contributed by atoms with van der Waals surface area (Å²) in [5.74, 6) is -0.501. The molecule has 6 heteroatoms. The molecule has 2 aromatic rings. The molecule has 0 aromatic heterocycles. The normalized spacial score (nSPS) is 10.1. The topological polar surface area (TPSA) is 41.1 Å². The molecule has 3 nitrogen and oxygen atoms in total. The van der Waals surface area contributed by atoms with Gasteiger partial charge in [-0.3, -0.25) is 0 Å². The summed E-state index contributed by atoms with van der Waals surface area (Å²) in [6.45, 7) is 0. The van der Waals surface area contributed by atoms with Gasteiger partial charge in [0.2, 0.25) is 0 Å². The third-order valence-corrected chi connectivity index (χ3v) is 3.25. The standard InChI is InChI=1S/C13H9Br2FN2O/c14-8-2-1-3-10(6-8)17-13(19)18-12-5-4-9(15)7-11(12)16/h1-7H,(H2,17,18,19). The van der Waals surface area contributed by atoms with Gasteiger partial charge in [-0.25, -0.2) is 9.18 Å². The highest BCUT2D eigenvalue weighted by molar-refractivity contribution is 9.10. The highest BCUT2D eigenvalue weighted by Crippen LogP contribution is 2.20. The minimum absolute atomic E-state index is 0.121. The van der Waals surface area contributed by atoms with E-state index in [1.807, 2.05) is 6.07 Å². The van der Waals surface area contributed by atoms with E-state index in [1.54, 1.807) is 24.3 Å². The lowest BCUT2D eigenvalue weighted by molar-refractivity contribution is 0.262. The summed E-state index contributed by atoms with van der Waals surface area (Å²) >= 11 is 6.45. The van der Waals surface area contributed by atoms with Gasteiger partial charge < -0.3 is 10.6 Å². The first-order chi connectivity index (χ1) is 9.04. The minimum atomic E-state index is -0.501. The van der Waals surface area contributed by atoms with Gasteiger partial charge in [0.25, 0.3) is 0 Å². The third kappa shape index (κ3) is 4.04. The van der Waals surface area contributed by atoms with Crippen LogP contribution >= 0.6 is 31.9 Å². The lowest BCUT2D eigenvalue weighted by Gasteiger charge is -2.08. The fourth-order valence-corrected chi connectivity index (χ4v) is 2.17. The van der Waals surface area contributed by atoms with Gasteiger partial charge in [0.1, 0.15) is 5.82 Å². The second-order valence-electron chi connectivity index (χ2n) is 3.71. The summed E-state index contributed by atoms with van der Waals surface area (Å²) in [6.07, 6.45) is 0. The molecule has 0 heterocycles. The summed E-state index contributed by atoms with van der Waals surface area (Å²) in [5.41, 5.74) is 0.736. The average Bonchev–Trinajstić information content (AvgIpc) is 2.33. The number of halogens is 3. The molecule has 2 amide bonds. The largest absolute Gasteiger partial charge is 0.323 e. The molecule has 0 aliphatic heterocycles. The highest BCUT2D eigenvalue weighted by atomic mass is 79.9. The molecule has 0 saturated carbocycles. The van der Waals surface area contributed by atoms with Gasteiger partial charge in [-0.2, -0.15) is 0 Å². The number of hydrogen-bond donors (Lipinski definition) is 2. The first-order valence-electron chi connectivity index (χ1n) is 5.33. The Morgan fingerprint density at radius 2 is 1.74 bits per heavy atom. The van der Waals surface area contributed by atoms with Gasteiger partial charge in [-0.05, 0) is 36.4 Å². The molecule has 0 aliphatic carbocycles. The number of hydrogen-bond acceptors (Lipinski definition) is 1. The molecule has 19 heavy (non-hydrogen) atoms. The molecule has 0 aliphatic rings. The molecule has 98 valence electrons. The van der Waals surface area contributed by atoms with E-state index in [1.165, 1.54) is 12.1 Å². The first kappa shape index (κ1) is 14.0. The van der Waals surface area contributed by atoms with Crippen LogP contribution in [0.5, 0.6) is 0 Å². The van der Waals surface area contributed by atoms with Crippen molar-refractivity contribution in [3.63, 3.8) is 0 Å². The molecule has 0 bridgehead atoms. The Hall–Kier alpha value is -1.40. The molecule has 0 radical (unpaired) electrons. The van der Waals surface area contributed by atoms with Gasteiger partial charge in [0.05, 0.1) is 5.69 Å². The maximum Gasteiger partial charge on any atom is 0.323 e.